The van der Waals surface area contributed by atoms with Gasteiger partial charge in [-0.25, -0.2) is 0 Å². The van der Waals surface area contributed by atoms with E-state index in [2.05, 4.69) is 118 Å². The van der Waals surface area contributed by atoms with Crippen molar-refractivity contribution in [2.24, 2.45) is 0 Å². The van der Waals surface area contributed by atoms with Crippen LogP contribution in [-0.2, 0) is 23.8 Å². The Bertz CT molecular complexity index is 1270. The van der Waals surface area contributed by atoms with Crippen LogP contribution < -0.4 is 0 Å². The molecule has 0 heterocycles. The molecule has 0 N–H and O–H groups in total. The summed E-state index contributed by atoms with van der Waals surface area (Å²) in [5.74, 6) is -0.449. The molecule has 0 aliphatic carbocycles. The number of allylic oxidation sites excluding steroid dienone is 16. The lowest BCUT2D eigenvalue weighted by molar-refractivity contribution is -0.163. The van der Waals surface area contributed by atoms with Crippen LogP contribution >= 0.6 is 0 Å². The van der Waals surface area contributed by atoms with E-state index < -0.39 is 6.10 Å². The number of esters is 2. The van der Waals surface area contributed by atoms with Gasteiger partial charge in [-0.3, -0.25) is 9.59 Å². The highest BCUT2D eigenvalue weighted by Gasteiger charge is 2.17. The van der Waals surface area contributed by atoms with E-state index in [1.165, 1.54) is 89.9 Å². The van der Waals surface area contributed by atoms with Crippen LogP contribution in [0.3, 0.4) is 0 Å². The maximum atomic E-state index is 12.8. The van der Waals surface area contributed by atoms with Crippen molar-refractivity contribution < 1.29 is 23.8 Å². The average molecular weight is 917 g/mol. The molecule has 1 atom stereocenters. The van der Waals surface area contributed by atoms with Gasteiger partial charge in [0.2, 0.25) is 0 Å². The van der Waals surface area contributed by atoms with Crippen LogP contribution in [0.1, 0.15) is 252 Å². The molecule has 66 heavy (non-hydrogen) atoms. The van der Waals surface area contributed by atoms with E-state index in [0.29, 0.717) is 19.4 Å². The Morgan fingerprint density at radius 3 is 1.09 bits per heavy atom. The fourth-order valence-electron chi connectivity index (χ4n) is 7.55. The minimum atomic E-state index is -0.563. The molecule has 1 unspecified atom stereocenters. The smallest absolute Gasteiger partial charge is 0.306 e. The van der Waals surface area contributed by atoms with Gasteiger partial charge in [0, 0.05) is 19.4 Å². The van der Waals surface area contributed by atoms with Crippen LogP contribution in [0.15, 0.2) is 97.2 Å². The van der Waals surface area contributed by atoms with Crippen LogP contribution in [-0.4, -0.2) is 37.9 Å². The van der Waals surface area contributed by atoms with E-state index >= 15 is 0 Å². The Labute approximate surface area is 409 Å². The van der Waals surface area contributed by atoms with Crippen LogP contribution in [0.5, 0.6) is 0 Å². The summed E-state index contributed by atoms with van der Waals surface area (Å²) in [6, 6.07) is 0. The van der Waals surface area contributed by atoms with Gasteiger partial charge in [0.05, 0.1) is 6.61 Å². The molecular formula is C61H104O5. The third kappa shape index (κ3) is 53.4. The summed E-state index contributed by atoms with van der Waals surface area (Å²) in [7, 11) is 0. The Morgan fingerprint density at radius 2 is 0.682 bits per heavy atom. The minimum Gasteiger partial charge on any atom is -0.462 e. The standard InChI is InChI=1S/C61H104O5/c1-4-7-10-13-16-19-22-25-28-31-33-36-39-42-45-48-51-54-60(62)65-58-59(57-64-56-53-50-47-44-41-38-35-30-27-24-21-18-15-12-9-6-3)66-61(63)55-52-49-46-43-40-37-34-32-29-26-23-20-17-14-11-8-5-2/h7-8,10-11,16-17,19-20,25-26,28-29,33-34,36-37,59H,4-6,9,12-15,18,21-24,27,30-32,35,38-58H2,1-3H3/b10-7-,11-8-,19-16-,20-17-,28-25-,29-26-,36-33-,37-34-. The van der Waals surface area contributed by atoms with Crippen molar-refractivity contribution in [3.8, 4) is 0 Å². The van der Waals surface area contributed by atoms with Crippen molar-refractivity contribution in [3.63, 3.8) is 0 Å². The molecule has 0 aliphatic rings. The van der Waals surface area contributed by atoms with Gasteiger partial charge in [-0.05, 0) is 96.3 Å². The highest BCUT2D eigenvalue weighted by molar-refractivity contribution is 5.70. The summed E-state index contributed by atoms with van der Waals surface area (Å²) < 4.78 is 17.4. The molecule has 0 amide bonds. The number of ether oxygens (including phenoxy) is 3. The Balaban J connectivity index is 4.37. The van der Waals surface area contributed by atoms with E-state index in [-0.39, 0.29) is 25.2 Å². The predicted octanol–water partition coefficient (Wildman–Crippen LogP) is 19.0. The Hall–Kier alpha value is -3.18. The van der Waals surface area contributed by atoms with Crippen LogP contribution in [0.2, 0.25) is 0 Å². The largest absolute Gasteiger partial charge is 0.462 e. The zero-order valence-corrected chi connectivity index (χ0v) is 43.4. The zero-order chi connectivity index (χ0) is 47.7. The van der Waals surface area contributed by atoms with Crippen LogP contribution in [0, 0.1) is 0 Å². The first kappa shape index (κ1) is 62.8. The molecule has 5 nitrogen and oxygen atoms in total. The summed E-state index contributed by atoms with van der Waals surface area (Å²) in [6.45, 7) is 7.57. The van der Waals surface area contributed by atoms with Gasteiger partial charge in [-0.1, -0.05) is 240 Å². The van der Waals surface area contributed by atoms with Crippen LogP contribution in [0.4, 0.5) is 0 Å². The molecular weight excluding hydrogens is 813 g/mol. The third-order valence-electron chi connectivity index (χ3n) is 11.6. The number of carbonyl (C=O) groups excluding carboxylic acids is 2. The van der Waals surface area contributed by atoms with Crippen molar-refractivity contribution in [2.75, 3.05) is 19.8 Å². The van der Waals surface area contributed by atoms with Crippen molar-refractivity contribution in [3.05, 3.63) is 97.2 Å². The van der Waals surface area contributed by atoms with Crippen molar-refractivity contribution in [1.82, 2.24) is 0 Å². The third-order valence-corrected chi connectivity index (χ3v) is 11.6. The first-order valence-corrected chi connectivity index (χ1v) is 27.8. The van der Waals surface area contributed by atoms with Gasteiger partial charge in [0.1, 0.15) is 6.61 Å². The molecule has 0 fully saturated rings. The lowest BCUT2D eigenvalue weighted by Crippen LogP contribution is -2.30. The Kier molecular flexibility index (Phi) is 53.4. The highest BCUT2D eigenvalue weighted by atomic mass is 16.6. The van der Waals surface area contributed by atoms with Crippen molar-refractivity contribution >= 4 is 11.9 Å². The molecule has 0 rings (SSSR count). The van der Waals surface area contributed by atoms with Gasteiger partial charge in [-0.15, -0.1) is 0 Å². The van der Waals surface area contributed by atoms with E-state index in [1.807, 2.05) is 0 Å². The second kappa shape index (κ2) is 56.1. The molecule has 0 spiro atoms. The lowest BCUT2D eigenvalue weighted by atomic mass is 10.0. The normalized spacial score (nSPS) is 13.0. The molecule has 0 aromatic carbocycles. The zero-order valence-electron chi connectivity index (χ0n) is 43.4. The highest BCUT2D eigenvalue weighted by Crippen LogP contribution is 2.15. The molecule has 0 bridgehead atoms. The number of carbonyl (C=O) groups is 2. The maximum absolute atomic E-state index is 12.8. The monoisotopic (exact) mass is 917 g/mol. The number of hydrogen-bond donors (Lipinski definition) is 0. The first-order chi connectivity index (χ1) is 32.6. The predicted molar refractivity (Wildman–Crippen MR) is 288 cm³/mol. The molecule has 0 aromatic rings. The molecule has 0 saturated heterocycles. The van der Waals surface area contributed by atoms with E-state index in [1.54, 1.807) is 0 Å². The van der Waals surface area contributed by atoms with Gasteiger partial charge < -0.3 is 14.2 Å². The summed E-state index contributed by atoms with van der Waals surface area (Å²) in [5.41, 5.74) is 0. The number of unbranched alkanes of at least 4 members (excludes halogenated alkanes) is 23. The topological polar surface area (TPSA) is 61.8 Å². The summed E-state index contributed by atoms with van der Waals surface area (Å²) in [6.07, 6.45) is 75.6. The SMILES string of the molecule is CC/C=C\C/C=C\C/C=C\C/C=C\CCCCCCC(=O)OCC(COCCCCCCCCCCCCCCCCCC)OC(=O)CCCCCC/C=C\C/C=C\C/C=C\C/C=C\CC. The van der Waals surface area contributed by atoms with Crippen LogP contribution in [0.25, 0.3) is 0 Å². The van der Waals surface area contributed by atoms with E-state index in [9.17, 15) is 9.59 Å². The molecule has 378 valence electrons. The van der Waals surface area contributed by atoms with Gasteiger partial charge in [0.25, 0.3) is 0 Å². The molecule has 5 heteroatoms. The first-order valence-electron chi connectivity index (χ1n) is 27.8. The summed E-state index contributed by atoms with van der Waals surface area (Å²) >= 11 is 0. The number of rotatable bonds is 50. The molecule has 0 aliphatic heterocycles. The van der Waals surface area contributed by atoms with Gasteiger partial charge >= 0.3 is 11.9 Å². The van der Waals surface area contributed by atoms with E-state index in [4.69, 9.17) is 14.2 Å². The van der Waals surface area contributed by atoms with Crippen molar-refractivity contribution in [2.45, 2.75) is 258 Å². The van der Waals surface area contributed by atoms with Gasteiger partial charge in [-0.2, -0.15) is 0 Å². The average Bonchev–Trinajstić information content (AvgIpc) is 3.32. The number of hydrogen-bond acceptors (Lipinski definition) is 5. The second-order valence-electron chi connectivity index (χ2n) is 18.1. The van der Waals surface area contributed by atoms with Gasteiger partial charge in [0.15, 0.2) is 6.10 Å². The maximum Gasteiger partial charge on any atom is 0.306 e. The summed E-state index contributed by atoms with van der Waals surface area (Å²) in [4.78, 5) is 25.5. The van der Waals surface area contributed by atoms with Crippen molar-refractivity contribution in [1.29, 1.82) is 0 Å². The van der Waals surface area contributed by atoms with E-state index in [0.717, 1.165) is 128 Å². The molecule has 0 radical (unpaired) electrons. The fraction of sp³-hybridized carbons (Fsp3) is 0.705. The summed E-state index contributed by atoms with van der Waals surface area (Å²) in [5, 5.41) is 0. The Morgan fingerprint density at radius 1 is 0.348 bits per heavy atom. The fourth-order valence-corrected chi connectivity index (χ4v) is 7.55. The lowest BCUT2D eigenvalue weighted by Gasteiger charge is -2.18. The molecule has 0 aromatic heterocycles. The molecule has 0 saturated carbocycles. The quantitative estimate of drug-likeness (QED) is 0.0346. The second-order valence-corrected chi connectivity index (χ2v) is 18.1. The minimum absolute atomic E-state index is 0.0598.